The molecule has 7 nitrogen and oxygen atoms in total. The summed E-state index contributed by atoms with van der Waals surface area (Å²) in [4.78, 5) is 16.1. The molecule has 10 heteroatoms. The number of nitrogens with zero attached hydrogens (tertiary/aromatic N) is 3. The molecule has 0 unspecified atom stereocenters. The van der Waals surface area contributed by atoms with Crippen molar-refractivity contribution in [1.82, 2.24) is 14.7 Å². The summed E-state index contributed by atoms with van der Waals surface area (Å²) in [6.07, 6.45) is -3.46. The van der Waals surface area contributed by atoms with E-state index in [0.717, 1.165) is 17.8 Å². The maximum absolute atomic E-state index is 13.9. The van der Waals surface area contributed by atoms with Crippen molar-refractivity contribution in [3.8, 4) is 5.75 Å². The van der Waals surface area contributed by atoms with Gasteiger partial charge in [0.25, 0.3) is 5.91 Å². The number of rotatable bonds is 3. The molecular formula is C20H25F3N5O2+. The molecule has 2 aliphatic heterocycles. The largest absolute Gasteiger partial charge is 0.497 e. The molecular weight excluding hydrogens is 399 g/mol. The number of hydrogen-bond acceptors (Lipinski definition) is 4. The van der Waals surface area contributed by atoms with E-state index in [1.54, 1.807) is 29.2 Å². The van der Waals surface area contributed by atoms with E-state index in [1.807, 2.05) is 0 Å². The summed E-state index contributed by atoms with van der Waals surface area (Å²) in [5, 5.41) is 7.09. The molecule has 2 atom stereocenters. The molecule has 3 heterocycles. The molecule has 2 aliphatic rings. The Bertz CT molecular complexity index is 921. The number of amides is 1. The highest BCUT2D eigenvalue weighted by Gasteiger charge is 2.47. The van der Waals surface area contributed by atoms with Crippen molar-refractivity contribution in [2.75, 3.05) is 45.7 Å². The van der Waals surface area contributed by atoms with Crippen LogP contribution in [0, 0.1) is 0 Å². The van der Waals surface area contributed by atoms with Crippen LogP contribution in [-0.4, -0.2) is 67.1 Å². The van der Waals surface area contributed by atoms with Gasteiger partial charge in [0.1, 0.15) is 17.1 Å². The summed E-state index contributed by atoms with van der Waals surface area (Å²) >= 11 is 0. The zero-order chi connectivity index (χ0) is 21.5. The average Bonchev–Trinajstić information content (AvgIpc) is 3.16. The summed E-state index contributed by atoms with van der Waals surface area (Å²) in [5.74, 6) is 0.393. The molecule has 0 bridgehead atoms. The first-order chi connectivity index (χ1) is 14.3. The highest BCUT2D eigenvalue weighted by atomic mass is 19.4. The first-order valence-electron chi connectivity index (χ1n) is 9.93. The van der Waals surface area contributed by atoms with Crippen LogP contribution in [0.15, 0.2) is 30.5 Å². The van der Waals surface area contributed by atoms with Crippen molar-refractivity contribution in [2.24, 2.45) is 0 Å². The van der Waals surface area contributed by atoms with E-state index in [4.69, 9.17) is 4.74 Å². The van der Waals surface area contributed by atoms with E-state index < -0.39 is 18.3 Å². The number of fused-ring (bicyclic) bond motifs is 1. The number of benzene rings is 1. The summed E-state index contributed by atoms with van der Waals surface area (Å²) in [6.45, 7) is 2.75. The van der Waals surface area contributed by atoms with Gasteiger partial charge in [-0.15, -0.1) is 0 Å². The lowest BCUT2D eigenvalue weighted by atomic mass is 9.96. The fraction of sp³-hybridized carbons (Fsp3) is 0.500. The van der Waals surface area contributed by atoms with Gasteiger partial charge in [0.15, 0.2) is 6.04 Å². The standard InChI is InChI=1S/C20H24F3N5O2/c1-26-6-8-27(9-7-26)19(29)15-12-24-28-17(20(21,22)23)11-16(25-18(15)28)13-4-3-5-14(10-13)30-2/h3-5,10,12,16-17,25H,6-9,11H2,1-2H3/p+1/t16-,17-/m0/s1. The Balaban J connectivity index is 1.68. The summed E-state index contributed by atoms with van der Waals surface area (Å²) in [7, 11) is 3.56. The quantitative estimate of drug-likeness (QED) is 0.785. The number of ether oxygens (including phenoxy) is 1. The summed E-state index contributed by atoms with van der Waals surface area (Å²) in [5.41, 5.74) is 0.842. The van der Waals surface area contributed by atoms with Crippen LogP contribution in [-0.2, 0) is 0 Å². The Kier molecular flexibility index (Phi) is 5.35. The second-order valence-corrected chi connectivity index (χ2v) is 7.87. The average molecular weight is 424 g/mol. The molecule has 1 amide bonds. The minimum atomic E-state index is -4.49. The molecule has 162 valence electrons. The molecule has 0 radical (unpaired) electrons. The van der Waals surface area contributed by atoms with Crippen LogP contribution in [0.2, 0.25) is 0 Å². The van der Waals surface area contributed by atoms with E-state index in [-0.39, 0.29) is 23.7 Å². The van der Waals surface area contributed by atoms with E-state index in [9.17, 15) is 18.0 Å². The monoisotopic (exact) mass is 424 g/mol. The van der Waals surface area contributed by atoms with E-state index in [2.05, 4.69) is 17.5 Å². The predicted octanol–water partition coefficient (Wildman–Crippen LogP) is 1.52. The van der Waals surface area contributed by atoms with Gasteiger partial charge in [0, 0.05) is 6.42 Å². The Morgan fingerprint density at radius 2 is 2.03 bits per heavy atom. The number of quaternary nitrogens is 1. The fourth-order valence-electron chi connectivity index (χ4n) is 4.06. The van der Waals surface area contributed by atoms with Gasteiger partial charge in [-0.25, -0.2) is 4.68 Å². The van der Waals surface area contributed by atoms with Crippen LogP contribution in [0.1, 0.15) is 34.4 Å². The molecule has 1 aromatic carbocycles. The Hall–Kier alpha value is -2.75. The van der Waals surface area contributed by atoms with Crippen LogP contribution < -0.4 is 15.0 Å². The van der Waals surface area contributed by atoms with Gasteiger partial charge in [-0.1, -0.05) is 12.1 Å². The van der Waals surface area contributed by atoms with Gasteiger partial charge in [0.05, 0.1) is 52.6 Å². The Labute approximate surface area is 172 Å². The predicted molar refractivity (Wildman–Crippen MR) is 104 cm³/mol. The molecule has 0 spiro atoms. The minimum absolute atomic E-state index is 0.118. The zero-order valence-electron chi connectivity index (χ0n) is 16.9. The van der Waals surface area contributed by atoms with Crippen molar-refractivity contribution in [1.29, 1.82) is 0 Å². The van der Waals surface area contributed by atoms with Gasteiger partial charge >= 0.3 is 6.18 Å². The number of anilines is 1. The van der Waals surface area contributed by atoms with Crippen molar-refractivity contribution in [2.45, 2.75) is 24.7 Å². The Morgan fingerprint density at radius 3 is 2.70 bits per heavy atom. The third-order valence-corrected chi connectivity index (χ3v) is 5.87. The molecule has 1 aromatic heterocycles. The molecule has 2 aromatic rings. The molecule has 0 saturated carbocycles. The SMILES string of the molecule is COc1cccc([C@@H]2C[C@@H](C(F)(F)F)n3ncc(C(=O)N4CC[NH+](C)CC4)c3N2)c1. The topological polar surface area (TPSA) is 63.8 Å². The molecule has 30 heavy (non-hydrogen) atoms. The number of aromatic nitrogens is 2. The number of likely N-dealkylation sites (N-methyl/N-ethyl adjacent to an activating group) is 1. The van der Waals surface area contributed by atoms with E-state index >= 15 is 0 Å². The number of halogens is 3. The fourth-order valence-corrected chi connectivity index (χ4v) is 4.06. The smallest absolute Gasteiger partial charge is 0.410 e. The van der Waals surface area contributed by atoms with Crippen LogP contribution >= 0.6 is 0 Å². The highest BCUT2D eigenvalue weighted by Crippen LogP contribution is 2.44. The summed E-state index contributed by atoms with van der Waals surface area (Å²) in [6, 6.07) is 4.50. The molecule has 4 rings (SSSR count). The van der Waals surface area contributed by atoms with Crippen molar-refractivity contribution in [3.05, 3.63) is 41.6 Å². The molecule has 2 N–H and O–H groups in total. The lowest BCUT2D eigenvalue weighted by molar-refractivity contribution is -0.883. The first kappa shape index (κ1) is 20.5. The van der Waals surface area contributed by atoms with Crippen LogP contribution in [0.3, 0.4) is 0 Å². The van der Waals surface area contributed by atoms with Crippen molar-refractivity contribution in [3.63, 3.8) is 0 Å². The van der Waals surface area contributed by atoms with Crippen molar-refractivity contribution < 1.29 is 27.6 Å². The first-order valence-corrected chi connectivity index (χ1v) is 9.93. The van der Waals surface area contributed by atoms with Crippen molar-refractivity contribution >= 4 is 11.7 Å². The van der Waals surface area contributed by atoms with Crippen LogP contribution in [0.25, 0.3) is 0 Å². The van der Waals surface area contributed by atoms with E-state index in [0.29, 0.717) is 24.4 Å². The third-order valence-electron chi connectivity index (χ3n) is 5.87. The number of methoxy groups -OCH3 is 1. The highest BCUT2D eigenvalue weighted by molar-refractivity contribution is 5.99. The number of carbonyl (C=O) groups is 1. The van der Waals surface area contributed by atoms with E-state index in [1.165, 1.54) is 18.2 Å². The molecule has 0 aliphatic carbocycles. The lowest BCUT2D eigenvalue weighted by Gasteiger charge is -2.35. The molecule has 1 fully saturated rings. The number of alkyl halides is 3. The number of hydrogen-bond donors (Lipinski definition) is 2. The minimum Gasteiger partial charge on any atom is -0.497 e. The molecule has 1 saturated heterocycles. The second-order valence-electron chi connectivity index (χ2n) is 7.87. The maximum Gasteiger partial charge on any atom is 0.410 e. The Morgan fingerprint density at radius 1 is 1.30 bits per heavy atom. The van der Waals surface area contributed by atoms with Gasteiger partial charge in [-0.3, -0.25) is 4.79 Å². The van der Waals surface area contributed by atoms with Gasteiger partial charge in [-0.2, -0.15) is 18.3 Å². The zero-order valence-corrected chi connectivity index (χ0v) is 16.9. The van der Waals surface area contributed by atoms with Crippen LogP contribution in [0.4, 0.5) is 19.0 Å². The van der Waals surface area contributed by atoms with Gasteiger partial charge in [0.2, 0.25) is 0 Å². The third kappa shape index (κ3) is 3.83. The van der Waals surface area contributed by atoms with Gasteiger partial charge < -0.3 is 19.9 Å². The number of piperazine rings is 1. The maximum atomic E-state index is 13.9. The van der Waals surface area contributed by atoms with Crippen LogP contribution in [0.5, 0.6) is 5.75 Å². The number of nitrogens with one attached hydrogen (secondary N) is 2. The normalized spacial score (nSPS) is 22.4. The number of carbonyl (C=O) groups excluding carboxylic acids is 1. The lowest BCUT2D eigenvalue weighted by Crippen LogP contribution is -3.12. The van der Waals surface area contributed by atoms with Gasteiger partial charge in [-0.05, 0) is 17.7 Å². The summed E-state index contributed by atoms with van der Waals surface area (Å²) < 4.78 is 47.7. The second kappa shape index (κ2) is 7.82.